The number of carbonyl (C=O) groups is 1. The highest BCUT2D eigenvalue weighted by Crippen LogP contribution is 2.29. The molecule has 1 unspecified atom stereocenters. The van der Waals surface area contributed by atoms with Gasteiger partial charge in [-0.2, -0.15) is 0 Å². The highest BCUT2D eigenvalue weighted by Gasteiger charge is 2.18. The predicted octanol–water partition coefficient (Wildman–Crippen LogP) is 5.91. The van der Waals surface area contributed by atoms with Crippen LogP contribution in [0.3, 0.4) is 0 Å². The number of unbranched alkanes of at least 4 members (excludes halogenated alkanes) is 1. The van der Waals surface area contributed by atoms with Crippen LogP contribution in [-0.4, -0.2) is 29.2 Å². The van der Waals surface area contributed by atoms with E-state index < -0.39 is 0 Å². The third-order valence-electron chi connectivity index (χ3n) is 5.51. The van der Waals surface area contributed by atoms with E-state index in [9.17, 15) is 4.79 Å². The Bertz CT molecular complexity index is 1090. The number of fused-ring (bicyclic) bond motifs is 1. The molecule has 3 rings (SSSR count). The van der Waals surface area contributed by atoms with Crippen molar-refractivity contribution in [3.8, 4) is 11.5 Å². The lowest BCUT2D eigenvalue weighted by molar-refractivity contribution is -0.121. The molecule has 6 nitrogen and oxygen atoms in total. The van der Waals surface area contributed by atoms with Crippen molar-refractivity contribution in [1.29, 1.82) is 0 Å². The molecule has 0 fully saturated rings. The Kier molecular flexibility index (Phi) is 8.93. The molecule has 0 bridgehead atoms. The molecule has 0 saturated carbocycles. The zero-order valence-corrected chi connectivity index (χ0v) is 20.1. The molecule has 2 aromatic carbocycles. The molecule has 1 heterocycles. The molecular weight excluding hydrogens is 414 g/mol. The van der Waals surface area contributed by atoms with Crippen LogP contribution in [0, 0.1) is 0 Å². The predicted molar refractivity (Wildman–Crippen MR) is 134 cm³/mol. The number of aromatic nitrogens is 2. The molecule has 0 aliphatic carbocycles. The number of hydrogen-bond donors (Lipinski definition) is 1. The third kappa shape index (κ3) is 6.37. The first-order valence-corrected chi connectivity index (χ1v) is 11.8. The number of benzene rings is 2. The van der Waals surface area contributed by atoms with Crippen LogP contribution in [0.2, 0.25) is 0 Å². The second kappa shape index (κ2) is 12.1. The fraction of sp³-hybridized carbons (Fsp3) is 0.407. The summed E-state index contributed by atoms with van der Waals surface area (Å²) >= 11 is 0. The molecule has 1 amide bonds. The summed E-state index contributed by atoms with van der Waals surface area (Å²) in [7, 11) is 1.66. The van der Waals surface area contributed by atoms with Gasteiger partial charge >= 0.3 is 0 Å². The van der Waals surface area contributed by atoms with Crippen molar-refractivity contribution >= 4 is 23.0 Å². The summed E-state index contributed by atoms with van der Waals surface area (Å²) in [6.45, 7) is 7.41. The molecule has 3 aromatic rings. The molecule has 0 aliphatic rings. The van der Waals surface area contributed by atoms with Crippen LogP contribution < -0.4 is 14.8 Å². The maximum Gasteiger partial charge on any atom is 0.220 e. The van der Waals surface area contributed by atoms with Crippen LogP contribution in [-0.2, 0) is 11.3 Å². The van der Waals surface area contributed by atoms with Crippen molar-refractivity contribution in [1.82, 2.24) is 14.9 Å². The van der Waals surface area contributed by atoms with Crippen LogP contribution in [0.25, 0.3) is 17.1 Å². The molecular formula is C27H35N3O3. The third-order valence-corrected chi connectivity index (χ3v) is 5.51. The quantitative estimate of drug-likeness (QED) is 0.349. The fourth-order valence-electron chi connectivity index (χ4n) is 3.92. The number of rotatable bonds is 12. The van der Waals surface area contributed by atoms with Gasteiger partial charge in [0.2, 0.25) is 5.91 Å². The summed E-state index contributed by atoms with van der Waals surface area (Å²) in [5, 5.41) is 3.08. The molecule has 33 heavy (non-hydrogen) atoms. The summed E-state index contributed by atoms with van der Waals surface area (Å²) in [5.74, 6) is 2.45. The van der Waals surface area contributed by atoms with E-state index in [1.54, 1.807) is 7.11 Å². The molecule has 0 radical (unpaired) electrons. The monoisotopic (exact) mass is 449 g/mol. The molecule has 176 valence electrons. The number of aryl methyl sites for hydroxylation is 1. The minimum Gasteiger partial charge on any atom is -0.493 e. The van der Waals surface area contributed by atoms with E-state index in [1.165, 1.54) is 0 Å². The van der Waals surface area contributed by atoms with Gasteiger partial charge in [-0.15, -0.1) is 0 Å². The smallest absolute Gasteiger partial charge is 0.220 e. The number of ether oxygens (including phenoxy) is 2. The fourth-order valence-corrected chi connectivity index (χ4v) is 3.92. The number of methoxy groups -OCH3 is 1. The van der Waals surface area contributed by atoms with Gasteiger partial charge in [-0.3, -0.25) is 4.79 Å². The maximum atomic E-state index is 12.1. The first-order valence-electron chi connectivity index (χ1n) is 11.8. The van der Waals surface area contributed by atoms with Gasteiger partial charge in [-0.05, 0) is 62.9 Å². The Labute approximate surface area is 196 Å². The number of allylic oxidation sites excluding steroid dienone is 1. The molecule has 0 aliphatic heterocycles. The van der Waals surface area contributed by atoms with Crippen molar-refractivity contribution < 1.29 is 14.3 Å². The average molecular weight is 450 g/mol. The number of carbonyl (C=O) groups excluding carboxylic acids is 1. The normalized spacial score (nSPS) is 12.2. The van der Waals surface area contributed by atoms with Gasteiger partial charge in [0.1, 0.15) is 5.82 Å². The summed E-state index contributed by atoms with van der Waals surface area (Å²) in [5.41, 5.74) is 3.12. The summed E-state index contributed by atoms with van der Waals surface area (Å²) in [6, 6.07) is 13.9. The van der Waals surface area contributed by atoms with Crippen molar-refractivity contribution in [3.05, 3.63) is 59.9 Å². The molecule has 1 atom stereocenters. The highest BCUT2D eigenvalue weighted by molar-refractivity contribution is 5.78. The second-order valence-corrected chi connectivity index (χ2v) is 8.12. The van der Waals surface area contributed by atoms with Crippen LogP contribution >= 0.6 is 0 Å². The topological polar surface area (TPSA) is 65.4 Å². The van der Waals surface area contributed by atoms with Crippen LogP contribution in [0.15, 0.2) is 48.5 Å². The maximum absolute atomic E-state index is 12.1. The van der Waals surface area contributed by atoms with E-state index >= 15 is 0 Å². The number of nitrogens with zero attached hydrogens (tertiary/aromatic N) is 2. The van der Waals surface area contributed by atoms with Crippen molar-refractivity contribution in [2.45, 2.75) is 59.0 Å². The van der Waals surface area contributed by atoms with E-state index in [1.807, 2.05) is 69.3 Å². The van der Waals surface area contributed by atoms with Crippen molar-refractivity contribution in [2.24, 2.45) is 0 Å². The lowest BCUT2D eigenvalue weighted by Gasteiger charge is -2.16. The first kappa shape index (κ1) is 24.4. The van der Waals surface area contributed by atoms with Gasteiger partial charge in [0.05, 0.1) is 30.8 Å². The molecule has 0 spiro atoms. The Morgan fingerprint density at radius 1 is 1.18 bits per heavy atom. The summed E-state index contributed by atoms with van der Waals surface area (Å²) in [4.78, 5) is 16.9. The lowest BCUT2D eigenvalue weighted by Crippen LogP contribution is -2.28. The Hall–Kier alpha value is -3.28. The van der Waals surface area contributed by atoms with Gasteiger partial charge in [0.25, 0.3) is 0 Å². The Morgan fingerprint density at radius 3 is 2.76 bits per heavy atom. The molecule has 0 saturated heterocycles. The van der Waals surface area contributed by atoms with Crippen LogP contribution in [0.1, 0.15) is 63.9 Å². The zero-order chi connectivity index (χ0) is 23.6. The number of imidazole rings is 1. The van der Waals surface area contributed by atoms with Gasteiger partial charge in [0.15, 0.2) is 11.5 Å². The Morgan fingerprint density at radius 2 is 2.00 bits per heavy atom. The molecule has 1 N–H and O–H groups in total. The number of nitrogens with one attached hydrogen (secondary N) is 1. The summed E-state index contributed by atoms with van der Waals surface area (Å²) < 4.78 is 13.7. The van der Waals surface area contributed by atoms with E-state index in [-0.39, 0.29) is 11.9 Å². The van der Waals surface area contributed by atoms with Gasteiger partial charge in [-0.1, -0.05) is 37.3 Å². The molecule has 6 heteroatoms. The standard InChI is InChI=1S/C27H35N3O3/c1-5-11-21-15-16-24(25(19-21)32-4)33-18-10-9-17-30-23-14-8-7-13-22(23)29-27(30)20(3)28-26(31)12-6-2/h5,7-8,11,13-16,19-20H,6,9-10,12,17-18H2,1-4H3,(H,28,31)/b11-5+. The number of para-hydroxylation sites is 2. The van der Waals surface area contributed by atoms with Crippen molar-refractivity contribution in [3.63, 3.8) is 0 Å². The number of amides is 1. The van der Waals surface area contributed by atoms with Gasteiger partial charge in [0, 0.05) is 13.0 Å². The van der Waals surface area contributed by atoms with Gasteiger partial charge < -0.3 is 19.4 Å². The Balaban J connectivity index is 1.62. The minimum atomic E-state index is -0.146. The minimum absolute atomic E-state index is 0.0615. The second-order valence-electron chi connectivity index (χ2n) is 8.12. The summed E-state index contributed by atoms with van der Waals surface area (Å²) in [6.07, 6.45) is 7.22. The van der Waals surface area contributed by atoms with E-state index in [0.29, 0.717) is 13.0 Å². The van der Waals surface area contributed by atoms with Crippen LogP contribution in [0.4, 0.5) is 0 Å². The van der Waals surface area contributed by atoms with Crippen LogP contribution in [0.5, 0.6) is 11.5 Å². The highest BCUT2D eigenvalue weighted by atomic mass is 16.5. The van der Waals surface area contributed by atoms with E-state index in [4.69, 9.17) is 14.5 Å². The lowest BCUT2D eigenvalue weighted by atomic mass is 10.2. The molecule has 1 aromatic heterocycles. The SMILES string of the molecule is C/C=C/c1ccc(OCCCCn2c(C(C)NC(=O)CCC)nc3ccccc32)c(OC)c1. The van der Waals surface area contributed by atoms with E-state index in [2.05, 4.69) is 16.0 Å². The zero-order valence-electron chi connectivity index (χ0n) is 20.1. The van der Waals surface area contributed by atoms with Crippen molar-refractivity contribution in [2.75, 3.05) is 13.7 Å². The van der Waals surface area contributed by atoms with E-state index in [0.717, 1.165) is 59.7 Å². The number of hydrogen-bond acceptors (Lipinski definition) is 4. The average Bonchev–Trinajstić information content (AvgIpc) is 3.18. The largest absolute Gasteiger partial charge is 0.493 e. The first-order chi connectivity index (χ1) is 16.1. The van der Waals surface area contributed by atoms with Gasteiger partial charge in [-0.25, -0.2) is 4.98 Å².